The van der Waals surface area contributed by atoms with Crippen molar-refractivity contribution in [2.24, 2.45) is 0 Å². The monoisotopic (exact) mass is 296 g/mol. The van der Waals surface area contributed by atoms with Gasteiger partial charge in [-0.2, -0.15) is 12.8 Å². The van der Waals surface area contributed by atoms with Crippen LogP contribution in [-0.4, -0.2) is 16.8 Å². The molecule has 0 unspecified atom stereocenters. The molecule has 3 nitrogen and oxygen atoms in total. The SMILES string of the molecule is C=CO.CCCCO.[CH2-]CCC.[CH2-]CCC.[O]=[Ti+2]. The second kappa shape index (κ2) is 67.9. The van der Waals surface area contributed by atoms with Gasteiger partial charge in [0.2, 0.25) is 0 Å². The Balaban J connectivity index is -0.0000000404. The molecule has 0 saturated carbocycles. The van der Waals surface area contributed by atoms with Gasteiger partial charge in [-0.25, -0.2) is 0 Å². The zero-order valence-electron chi connectivity index (χ0n) is 12.5. The Morgan fingerprint density at radius 1 is 1.06 bits per heavy atom. The van der Waals surface area contributed by atoms with Gasteiger partial charge in [-0.15, -0.1) is 0 Å². The van der Waals surface area contributed by atoms with Crippen molar-refractivity contribution < 1.29 is 33.9 Å². The molecule has 0 rings (SSSR count). The number of hydrogen-bond donors (Lipinski definition) is 2. The quantitative estimate of drug-likeness (QED) is 0.453. The fraction of sp³-hybridized carbons (Fsp3) is 0.714. The molecular weight excluding hydrogens is 264 g/mol. The number of unbranched alkanes of at least 4 members (excludes halogenated alkanes) is 3. The van der Waals surface area contributed by atoms with Crippen molar-refractivity contribution in [3.8, 4) is 0 Å². The maximum absolute atomic E-state index is 8.25. The minimum absolute atomic E-state index is 0.344. The van der Waals surface area contributed by atoms with Crippen LogP contribution >= 0.6 is 0 Å². The summed E-state index contributed by atoms with van der Waals surface area (Å²) in [6.07, 6.45) is 7.34. The molecule has 0 spiro atoms. The van der Waals surface area contributed by atoms with Gasteiger partial charge in [0, 0.05) is 6.61 Å². The van der Waals surface area contributed by atoms with Crippen LogP contribution in [0.5, 0.6) is 0 Å². The first kappa shape index (κ1) is 30.8. The molecule has 0 aliphatic rings. The molecule has 0 heterocycles. The summed E-state index contributed by atoms with van der Waals surface area (Å²) in [4.78, 5) is 0. The molecule has 2 N–H and O–H groups in total. The van der Waals surface area contributed by atoms with Crippen molar-refractivity contribution >= 4 is 0 Å². The molecule has 0 fully saturated rings. The van der Waals surface area contributed by atoms with Crippen molar-refractivity contribution in [2.45, 2.75) is 59.3 Å². The molecule has 0 atom stereocenters. The van der Waals surface area contributed by atoms with E-state index in [0.717, 1.165) is 52.3 Å². The molecular formula is C14H32O3Ti. The van der Waals surface area contributed by atoms with E-state index in [0.29, 0.717) is 6.61 Å². The summed E-state index contributed by atoms with van der Waals surface area (Å²) in [6.45, 7) is 16.8. The van der Waals surface area contributed by atoms with Gasteiger partial charge in [0.1, 0.15) is 0 Å². The van der Waals surface area contributed by atoms with E-state index in [1.165, 1.54) is 12.8 Å². The molecule has 0 amide bonds. The maximum atomic E-state index is 8.25. The number of aliphatic hydroxyl groups is 2. The van der Waals surface area contributed by atoms with E-state index in [4.69, 9.17) is 13.5 Å². The molecule has 0 radical (unpaired) electrons. The normalized spacial score (nSPS) is 6.67. The van der Waals surface area contributed by atoms with E-state index in [1.807, 2.05) is 0 Å². The molecule has 0 saturated heterocycles. The van der Waals surface area contributed by atoms with Crippen LogP contribution < -0.4 is 0 Å². The van der Waals surface area contributed by atoms with Gasteiger partial charge < -0.3 is 24.1 Å². The Hall–Kier alpha value is 0.0143. The summed E-state index contributed by atoms with van der Waals surface area (Å²) in [6, 6.07) is 0. The van der Waals surface area contributed by atoms with Crippen molar-refractivity contribution in [2.75, 3.05) is 6.61 Å². The summed E-state index contributed by atoms with van der Waals surface area (Å²) in [5.74, 6) is 0. The van der Waals surface area contributed by atoms with Crippen LogP contribution in [0.25, 0.3) is 0 Å². The average molecular weight is 296 g/mol. The van der Waals surface area contributed by atoms with Crippen LogP contribution in [0, 0.1) is 13.8 Å². The minimum atomic E-state index is 0.344. The Labute approximate surface area is 126 Å². The van der Waals surface area contributed by atoms with E-state index in [1.54, 1.807) is 0 Å². The van der Waals surface area contributed by atoms with E-state index in [-0.39, 0.29) is 0 Å². The third-order valence-electron chi connectivity index (χ3n) is 1.22. The number of aliphatic hydroxyl groups excluding tert-OH is 2. The predicted molar refractivity (Wildman–Crippen MR) is 76.0 cm³/mol. The summed E-state index contributed by atoms with van der Waals surface area (Å²) in [7, 11) is 0. The van der Waals surface area contributed by atoms with Crippen molar-refractivity contribution in [3.63, 3.8) is 0 Å². The Morgan fingerprint density at radius 2 is 1.28 bits per heavy atom. The second-order valence-corrected chi connectivity index (χ2v) is 2.97. The van der Waals surface area contributed by atoms with Gasteiger partial charge in [-0.05, 0) is 6.42 Å². The Morgan fingerprint density at radius 3 is 1.28 bits per heavy atom. The van der Waals surface area contributed by atoms with Crippen LogP contribution in [-0.2, 0) is 23.7 Å². The molecule has 0 aromatic heterocycles. The molecule has 4 heteroatoms. The topological polar surface area (TPSA) is 57.5 Å². The first-order valence-electron chi connectivity index (χ1n) is 6.31. The van der Waals surface area contributed by atoms with E-state index < -0.39 is 0 Å². The zero-order chi connectivity index (χ0) is 15.7. The number of rotatable bonds is 4. The van der Waals surface area contributed by atoms with Crippen molar-refractivity contribution in [3.05, 3.63) is 26.7 Å². The number of hydrogen-bond acceptors (Lipinski definition) is 3. The first-order valence-corrected chi connectivity index (χ1v) is 6.95. The Kier molecular flexibility index (Phi) is 116. The van der Waals surface area contributed by atoms with Crippen LogP contribution in [0.1, 0.15) is 59.3 Å². The third kappa shape index (κ3) is 224. The first-order chi connectivity index (χ1) is 8.66. The van der Waals surface area contributed by atoms with Gasteiger partial charge in [-0.1, -0.05) is 46.6 Å². The van der Waals surface area contributed by atoms with Crippen molar-refractivity contribution in [1.82, 2.24) is 0 Å². The molecule has 0 aliphatic carbocycles. The summed E-state index contributed by atoms with van der Waals surface area (Å²) < 4.78 is 8.25. The van der Waals surface area contributed by atoms with Crippen LogP contribution in [0.4, 0.5) is 0 Å². The van der Waals surface area contributed by atoms with Gasteiger partial charge in [-0.3, -0.25) is 0 Å². The molecule has 18 heavy (non-hydrogen) atoms. The molecule has 0 aliphatic heterocycles. The standard InChI is InChI=1S/C4H10O.2C4H9.C2H4O.O.Ti/c1-2-3-4-5;2*1-3-4-2;1-2-3;;/h5H,2-4H2,1H3;2*1,3-4H2,2H3;2-3H,1H2;;/q;2*-1;;;+2. The molecule has 110 valence electrons. The molecule has 0 aromatic rings. The average Bonchev–Trinajstić information content (AvgIpc) is 2.43. The van der Waals surface area contributed by atoms with E-state index in [2.05, 4.69) is 41.2 Å². The molecule has 0 aromatic carbocycles. The van der Waals surface area contributed by atoms with E-state index in [9.17, 15) is 0 Å². The fourth-order valence-corrected chi connectivity index (χ4v) is 0.158. The van der Waals surface area contributed by atoms with E-state index >= 15 is 0 Å². The van der Waals surface area contributed by atoms with Gasteiger partial charge in [0.05, 0.1) is 6.26 Å². The fourth-order valence-electron chi connectivity index (χ4n) is 0.158. The molecule has 0 bridgehead atoms. The van der Waals surface area contributed by atoms with Crippen molar-refractivity contribution in [1.29, 1.82) is 0 Å². The Bertz CT molecular complexity index is 81.1. The summed E-state index contributed by atoms with van der Waals surface area (Å²) in [5.41, 5.74) is 0. The zero-order valence-corrected chi connectivity index (χ0v) is 14.0. The van der Waals surface area contributed by atoms with Gasteiger partial charge >= 0.3 is 23.7 Å². The predicted octanol–water partition coefficient (Wildman–Crippen LogP) is 4.59. The van der Waals surface area contributed by atoms with Crippen LogP contribution in [0.3, 0.4) is 0 Å². The van der Waals surface area contributed by atoms with Gasteiger partial charge in [0.25, 0.3) is 0 Å². The van der Waals surface area contributed by atoms with Crippen LogP contribution in [0.2, 0.25) is 0 Å². The second-order valence-electron chi connectivity index (χ2n) is 2.97. The van der Waals surface area contributed by atoms with Crippen LogP contribution in [0.15, 0.2) is 12.8 Å². The third-order valence-corrected chi connectivity index (χ3v) is 1.22. The van der Waals surface area contributed by atoms with Gasteiger partial charge in [0.15, 0.2) is 0 Å². The summed E-state index contributed by atoms with van der Waals surface area (Å²) in [5, 5.41) is 15.4. The summed E-state index contributed by atoms with van der Waals surface area (Å²) >= 11 is 0.750.